The second-order valence-electron chi connectivity index (χ2n) is 5.82. The van der Waals surface area contributed by atoms with Gasteiger partial charge in [0, 0.05) is 24.0 Å². The van der Waals surface area contributed by atoms with Crippen LogP contribution in [0.3, 0.4) is 0 Å². The van der Waals surface area contributed by atoms with Crippen molar-refractivity contribution in [1.82, 2.24) is 10.6 Å². The van der Waals surface area contributed by atoms with Crippen LogP contribution in [0.4, 0.5) is 0 Å². The van der Waals surface area contributed by atoms with Gasteiger partial charge < -0.3 is 10.6 Å². The summed E-state index contributed by atoms with van der Waals surface area (Å²) in [5.74, 6) is 0.160. The summed E-state index contributed by atoms with van der Waals surface area (Å²) in [5, 5.41) is 6.52. The molecule has 0 bridgehead atoms. The molecule has 3 heteroatoms. The molecule has 0 heterocycles. The second kappa shape index (κ2) is 7.00. The molecular formula is C14H30N2O. The fraction of sp³-hybridized carbons (Fsp3) is 0.929. The van der Waals surface area contributed by atoms with E-state index < -0.39 is 0 Å². The van der Waals surface area contributed by atoms with Gasteiger partial charge in [-0.15, -0.1) is 0 Å². The van der Waals surface area contributed by atoms with Gasteiger partial charge in [-0.2, -0.15) is 0 Å². The molecule has 0 aromatic heterocycles. The number of hydrogen-bond donors (Lipinski definition) is 2. The van der Waals surface area contributed by atoms with Gasteiger partial charge in [0.2, 0.25) is 5.91 Å². The van der Waals surface area contributed by atoms with Crippen molar-refractivity contribution in [2.24, 2.45) is 0 Å². The summed E-state index contributed by atoms with van der Waals surface area (Å²) in [6.45, 7) is 13.5. The zero-order valence-electron chi connectivity index (χ0n) is 12.4. The first-order chi connectivity index (χ1) is 7.78. The molecule has 0 aliphatic heterocycles. The summed E-state index contributed by atoms with van der Waals surface area (Å²) in [7, 11) is 0. The zero-order chi connectivity index (χ0) is 13.5. The predicted molar refractivity (Wildman–Crippen MR) is 74.1 cm³/mol. The smallest absolute Gasteiger partial charge is 0.221 e. The van der Waals surface area contributed by atoms with Gasteiger partial charge >= 0.3 is 0 Å². The SMILES string of the molecule is CCC(CC)(CC)NC(=O)CCNC(C)(C)C. The van der Waals surface area contributed by atoms with E-state index in [-0.39, 0.29) is 17.0 Å². The topological polar surface area (TPSA) is 41.1 Å². The van der Waals surface area contributed by atoms with Crippen LogP contribution in [0.25, 0.3) is 0 Å². The molecule has 17 heavy (non-hydrogen) atoms. The van der Waals surface area contributed by atoms with Crippen LogP contribution in [0.2, 0.25) is 0 Å². The average Bonchev–Trinajstić information content (AvgIpc) is 2.24. The molecule has 0 unspecified atom stereocenters. The van der Waals surface area contributed by atoms with E-state index in [0.29, 0.717) is 6.42 Å². The largest absolute Gasteiger partial charge is 0.351 e. The van der Waals surface area contributed by atoms with Crippen molar-refractivity contribution < 1.29 is 4.79 Å². The number of hydrogen-bond acceptors (Lipinski definition) is 2. The van der Waals surface area contributed by atoms with Crippen LogP contribution < -0.4 is 10.6 Å². The highest BCUT2D eigenvalue weighted by Crippen LogP contribution is 2.19. The number of amides is 1. The number of nitrogens with one attached hydrogen (secondary N) is 2. The van der Waals surface area contributed by atoms with Crippen molar-refractivity contribution in [3.63, 3.8) is 0 Å². The summed E-state index contributed by atoms with van der Waals surface area (Å²) in [5.41, 5.74) is 0.0798. The van der Waals surface area contributed by atoms with E-state index in [2.05, 4.69) is 52.2 Å². The summed E-state index contributed by atoms with van der Waals surface area (Å²) in [6, 6.07) is 0. The highest BCUT2D eigenvalue weighted by molar-refractivity contribution is 5.77. The maximum Gasteiger partial charge on any atom is 0.221 e. The normalized spacial score (nSPS) is 12.6. The van der Waals surface area contributed by atoms with Crippen LogP contribution in [0.1, 0.15) is 67.2 Å². The van der Waals surface area contributed by atoms with Crippen molar-refractivity contribution in [2.45, 2.75) is 78.3 Å². The Morgan fingerprint density at radius 1 is 1.00 bits per heavy atom. The Labute approximate surface area is 107 Å². The zero-order valence-corrected chi connectivity index (χ0v) is 12.4. The molecule has 0 saturated carbocycles. The Morgan fingerprint density at radius 2 is 1.47 bits per heavy atom. The molecular weight excluding hydrogens is 212 g/mol. The average molecular weight is 242 g/mol. The first-order valence-electron chi connectivity index (χ1n) is 6.84. The molecule has 0 atom stereocenters. The van der Waals surface area contributed by atoms with E-state index in [9.17, 15) is 4.79 Å². The highest BCUT2D eigenvalue weighted by atomic mass is 16.1. The highest BCUT2D eigenvalue weighted by Gasteiger charge is 2.25. The van der Waals surface area contributed by atoms with Gasteiger partial charge in [-0.05, 0) is 40.0 Å². The lowest BCUT2D eigenvalue weighted by atomic mass is 9.89. The van der Waals surface area contributed by atoms with E-state index in [4.69, 9.17) is 0 Å². The van der Waals surface area contributed by atoms with Crippen LogP contribution >= 0.6 is 0 Å². The van der Waals surface area contributed by atoms with Gasteiger partial charge in [0.25, 0.3) is 0 Å². The molecule has 0 aliphatic carbocycles. The lowest BCUT2D eigenvalue weighted by Crippen LogP contribution is -2.48. The molecule has 0 fully saturated rings. The number of carbonyl (C=O) groups is 1. The van der Waals surface area contributed by atoms with Gasteiger partial charge in [0.15, 0.2) is 0 Å². The quantitative estimate of drug-likeness (QED) is 0.721. The van der Waals surface area contributed by atoms with Gasteiger partial charge in [0.05, 0.1) is 0 Å². The van der Waals surface area contributed by atoms with Crippen molar-refractivity contribution in [3.05, 3.63) is 0 Å². The fourth-order valence-electron chi connectivity index (χ4n) is 1.92. The summed E-state index contributed by atoms with van der Waals surface area (Å²) >= 11 is 0. The molecule has 0 radical (unpaired) electrons. The van der Waals surface area contributed by atoms with Crippen molar-refractivity contribution in [3.8, 4) is 0 Å². The first-order valence-corrected chi connectivity index (χ1v) is 6.84. The van der Waals surface area contributed by atoms with E-state index in [0.717, 1.165) is 25.8 Å². The molecule has 0 spiro atoms. The van der Waals surface area contributed by atoms with Crippen molar-refractivity contribution >= 4 is 5.91 Å². The maximum absolute atomic E-state index is 11.9. The summed E-state index contributed by atoms with van der Waals surface area (Å²) in [6.07, 6.45) is 3.55. The molecule has 3 nitrogen and oxygen atoms in total. The van der Waals surface area contributed by atoms with Crippen LogP contribution in [-0.2, 0) is 4.79 Å². The summed E-state index contributed by atoms with van der Waals surface area (Å²) in [4.78, 5) is 11.9. The molecule has 0 saturated heterocycles. The molecule has 1 amide bonds. The minimum absolute atomic E-state index is 0.00117. The van der Waals surface area contributed by atoms with E-state index in [1.165, 1.54) is 0 Å². The van der Waals surface area contributed by atoms with E-state index in [1.807, 2.05) is 0 Å². The molecule has 0 rings (SSSR count). The molecule has 0 aromatic carbocycles. The fourth-order valence-corrected chi connectivity index (χ4v) is 1.92. The van der Waals surface area contributed by atoms with Crippen LogP contribution in [0.5, 0.6) is 0 Å². The van der Waals surface area contributed by atoms with Gasteiger partial charge in [-0.25, -0.2) is 0 Å². The maximum atomic E-state index is 11.9. The third-order valence-corrected chi connectivity index (χ3v) is 3.44. The Hall–Kier alpha value is -0.570. The van der Waals surface area contributed by atoms with E-state index in [1.54, 1.807) is 0 Å². The summed E-state index contributed by atoms with van der Waals surface area (Å²) < 4.78 is 0. The Morgan fingerprint density at radius 3 is 1.82 bits per heavy atom. The van der Waals surface area contributed by atoms with E-state index >= 15 is 0 Å². The first kappa shape index (κ1) is 16.4. The molecule has 0 aliphatic rings. The third-order valence-electron chi connectivity index (χ3n) is 3.44. The molecule has 2 N–H and O–H groups in total. The Bertz CT molecular complexity index is 219. The van der Waals surface area contributed by atoms with Crippen LogP contribution in [0, 0.1) is 0 Å². The van der Waals surface area contributed by atoms with Gasteiger partial charge in [0.1, 0.15) is 0 Å². The Balaban J connectivity index is 4.08. The minimum atomic E-state index is -0.00117. The van der Waals surface area contributed by atoms with Crippen LogP contribution in [-0.4, -0.2) is 23.5 Å². The van der Waals surface area contributed by atoms with Gasteiger partial charge in [-0.3, -0.25) is 4.79 Å². The predicted octanol–water partition coefficient (Wildman–Crippen LogP) is 2.85. The van der Waals surface area contributed by atoms with Crippen molar-refractivity contribution in [2.75, 3.05) is 6.54 Å². The minimum Gasteiger partial charge on any atom is -0.351 e. The van der Waals surface area contributed by atoms with Gasteiger partial charge in [-0.1, -0.05) is 20.8 Å². The third kappa shape index (κ3) is 6.67. The van der Waals surface area contributed by atoms with Crippen LogP contribution in [0.15, 0.2) is 0 Å². The van der Waals surface area contributed by atoms with Crippen molar-refractivity contribution in [1.29, 1.82) is 0 Å². The standard InChI is InChI=1S/C14H30N2O/c1-7-14(8-2,9-3)16-12(17)10-11-15-13(4,5)6/h15H,7-11H2,1-6H3,(H,16,17). The number of carbonyl (C=O) groups excluding carboxylic acids is 1. The Kier molecular flexibility index (Phi) is 6.76. The second-order valence-corrected chi connectivity index (χ2v) is 5.82. The lowest BCUT2D eigenvalue weighted by Gasteiger charge is -2.32. The monoisotopic (exact) mass is 242 g/mol. The lowest BCUT2D eigenvalue weighted by molar-refractivity contribution is -0.123. The molecule has 102 valence electrons. The molecule has 0 aromatic rings. The number of rotatable bonds is 7.